The van der Waals surface area contributed by atoms with Gasteiger partial charge in [-0.15, -0.1) is 11.8 Å². The van der Waals surface area contributed by atoms with Crippen molar-refractivity contribution in [2.24, 2.45) is 0 Å². The molecule has 7 heteroatoms. The Balaban J connectivity index is 1.50. The van der Waals surface area contributed by atoms with Crippen molar-refractivity contribution in [2.45, 2.75) is 36.3 Å². The van der Waals surface area contributed by atoms with E-state index >= 15 is 0 Å². The number of anilines is 2. The summed E-state index contributed by atoms with van der Waals surface area (Å²) < 4.78 is 28.4. The lowest BCUT2D eigenvalue weighted by Crippen LogP contribution is -2.38. The van der Waals surface area contributed by atoms with Gasteiger partial charge in [-0.25, -0.2) is 8.42 Å². The highest BCUT2D eigenvalue weighted by molar-refractivity contribution is 7.98. The molecule has 4 rings (SSSR count). The van der Waals surface area contributed by atoms with E-state index < -0.39 is 15.9 Å². The highest BCUT2D eigenvalue weighted by Crippen LogP contribution is 2.27. The first-order valence-electron chi connectivity index (χ1n) is 12.0. The Bertz CT molecular complexity index is 1470. The van der Waals surface area contributed by atoms with Gasteiger partial charge in [0, 0.05) is 16.3 Å². The SMILES string of the molecule is Cc1ccc(S(=O)(=O)N(CC(=O)Nc2ccc(CSc3ccccc3)cc2)c2ccc(C)c(C)c2)cc1. The van der Waals surface area contributed by atoms with Gasteiger partial charge in [-0.05, 0) is 86.0 Å². The van der Waals surface area contributed by atoms with E-state index in [1.165, 1.54) is 9.20 Å². The highest BCUT2D eigenvalue weighted by atomic mass is 32.2. The number of nitrogens with zero attached hydrogens (tertiary/aromatic N) is 1. The normalized spacial score (nSPS) is 11.2. The molecule has 5 nitrogen and oxygen atoms in total. The van der Waals surface area contributed by atoms with Crippen molar-refractivity contribution < 1.29 is 13.2 Å². The van der Waals surface area contributed by atoms with E-state index in [1.54, 1.807) is 48.2 Å². The molecule has 0 bridgehead atoms. The Morgan fingerprint density at radius 1 is 0.811 bits per heavy atom. The van der Waals surface area contributed by atoms with Gasteiger partial charge in [0.2, 0.25) is 5.91 Å². The van der Waals surface area contributed by atoms with E-state index in [-0.39, 0.29) is 11.4 Å². The Morgan fingerprint density at radius 3 is 2.14 bits per heavy atom. The molecule has 1 N–H and O–H groups in total. The number of amides is 1. The molecule has 0 aliphatic rings. The summed E-state index contributed by atoms with van der Waals surface area (Å²) in [6, 6.07) is 29.8. The molecule has 0 saturated carbocycles. The average molecular weight is 531 g/mol. The van der Waals surface area contributed by atoms with Crippen LogP contribution < -0.4 is 9.62 Å². The third kappa shape index (κ3) is 6.81. The minimum absolute atomic E-state index is 0.143. The first kappa shape index (κ1) is 26.5. The predicted octanol–water partition coefficient (Wildman–Crippen LogP) is 6.74. The zero-order valence-corrected chi connectivity index (χ0v) is 22.8. The lowest BCUT2D eigenvalue weighted by molar-refractivity contribution is -0.114. The third-order valence-electron chi connectivity index (χ3n) is 6.06. The quantitative estimate of drug-likeness (QED) is 0.244. The van der Waals surface area contributed by atoms with E-state index in [1.807, 2.05) is 69.3 Å². The van der Waals surface area contributed by atoms with Gasteiger partial charge in [-0.3, -0.25) is 9.10 Å². The van der Waals surface area contributed by atoms with Crippen molar-refractivity contribution in [3.63, 3.8) is 0 Å². The number of thioether (sulfide) groups is 1. The first-order valence-corrected chi connectivity index (χ1v) is 14.4. The Kier molecular flexibility index (Phi) is 8.36. The molecule has 0 fully saturated rings. The van der Waals surface area contributed by atoms with Gasteiger partial charge in [0.15, 0.2) is 0 Å². The predicted molar refractivity (Wildman–Crippen MR) is 153 cm³/mol. The van der Waals surface area contributed by atoms with Gasteiger partial charge in [0.25, 0.3) is 10.0 Å². The van der Waals surface area contributed by atoms with Crippen LogP contribution in [0.4, 0.5) is 11.4 Å². The monoisotopic (exact) mass is 530 g/mol. The molecule has 0 heterocycles. The van der Waals surface area contributed by atoms with Crippen LogP contribution in [0.1, 0.15) is 22.3 Å². The lowest BCUT2D eigenvalue weighted by atomic mass is 10.1. The van der Waals surface area contributed by atoms with Crippen molar-refractivity contribution >= 4 is 39.1 Å². The zero-order chi connectivity index (χ0) is 26.4. The highest BCUT2D eigenvalue weighted by Gasteiger charge is 2.27. The zero-order valence-electron chi connectivity index (χ0n) is 21.1. The molecule has 0 aliphatic heterocycles. The molecule has 0 unspecified atom stereocenters. The Labute approximate surface area is 223 Å². The number of benzene rings is 4. The van der Waals surface area contributed by atoms with Crippen molar-refractivity contribution in [1.29, 1.82) is 0 Å². The summed E-state index contributed by atoms with van der Waals surface area (Å²) in [5.74, 6) is 0.397. The summed E-state index contributed by atoms with van der Waals surface area (Å²) in [6.07, 6.45) is 0. The van der Waals surface area contributed by atoms with Gasteiger partial charge in [0.05, 0.1) is 10.6 Å². The van der Waals surface area contributed by atoms with E-state index in [4.69, 9.17) is 0 Å². The van der Waals surface area contributed by atoms with Gasteiger partial charge < -0.3 is 5.32 Å². The minimum Gasteiger partial charge on any atom is -0.325 e. The van der Waals surface area contributed by atoms with Crippen LogP contribution in [0.3, 0.4) is 0 Å². The molecule has 4 aromatic carbocycles. The first-order chi connectivity index (χ1) is 17.7. The largest absolute Gasteiger partial charge is 0.325 e. The topological polar surface area (TPSA) is 66.5 Å². The standard InChI is InChI=1S/C30H30N2O3S2/c1-22-9-17-29(18-10-22)37(34,35)32(27-16-11-23(2)24(3)19-27)20-30(33)31-26-14-12-25(13-15-26)21-36-28-7-5-4-6-8-28/h4-19H,20-21H2,1-3H3,(H,31,33). The third-order valence-corrected chi connectivity index (χ3v) is 8.93. The van der Waals surface area contributed by atoms with Crippen molar-refractivity contribution in [1.82, 2.24) is 0 Å². The van der Waals surface area contributed by atoms with Crippen molar-refractivity contribution in [2.75, 3.05) is 16.2 Å². The van der Waals surface area contributed by atoms with Crippen LogP contribution in [0.25, 0.3) is 0 Å². The molecule has 0 spiro atoms. The molecule has 0 radical (unpaired) electrons. The van der Waals surface area contributed by atoms with Crippen molar-refractivity contribution in [3.05, 3.63) is 119 Å². The fourth-order valence-electron chi connectivity index (χ4n) is 3.73. The van der Waals surface area contributed by atoms with E-state index in [0.29, 0.717) is 11.4 Å². The molecular formula is C30H30N2O3S2. The van der Waals surface area contributed by atoms with E-state index in [2.05, 4.69) is 17.4 Å². The maximum atomic E-state index is 13.6. The number of hydrogen-bond donors (Lipinski definition) is 1. The van der Waals surface area contributed by atoms with Gasteiger partial charge in [-0.2, -0.15) is 0 Å². The minimum atomic E-state index is -3.96. The number of carbonyl (C=O) groups excluding carboxylic acids is 1. The summed E-state index contributed by atoms with van der Waals surface area (Å²) in [6.45, 7) is 5.45. The number of rotatable bonds is 9. The van der Waals surface area contributed by atoms with Crippen LogP contribution in [0.5, 0.6) is 0 Å². The molecule has 0 atom stereocenters. The molecule has 0 aliphatic carbocycles. The lowest BCUT2D eigenvalue weighted by Gasteiger charge is -2.25. The number of nitrogens with one attached hydrogen (secondary N) is 1. The fourth-order valence-corrected chi connectivity index (χ4v) is 6.02. The summed E-state index contributed by atoms with van der Waals surface area (Å²) in [5, 5.41) is 2.85. The molecule has 37 heavy (non-hydrogen) atoms. The molecule has 0 saturated heterocycles. The van der Waals surface area contributed by atoms with Gasteiger partial charge in [0.1, 0.15) is 6.54 Å². The summed E-state index contributed by atoms with van der Waals surface area (Å²) >= 11 is 1.74. The number of aryl methyl sites for hydroxylation is 3. The maximum absolute atomic E-state index is 13.6. The molecule has 1 amide bonds. The molecule has 190 valence electrons. The molecule has 4 aromatic rings. The maximum Gasteiger partial charge on any atom is 0.264 e. The fraction of sp³-hybridized carbons (Fsp3) is 0.167. The smallest absolute Gasteiger partial charge is 0.264 e. The second kappa shape index (κ2) is 11.7. The summed E-state index contributed by atoms with van der Waals surface area (Å²) in [7, 11) is -3.96. The number of carbonyl (C=O) groups is 1. The number of sulfonamides is 1. The summed E-state index contributed by atoms with van der Waals surface area (Å²) in [5.41, 5.74) is 5.15. The van der Waals surface area contributed by atoms with Crippen LogP contribution in [0.2, 0.25) is 0 Å². The van der Waals surface area contributed by atoms with Gasteiger partial charge in [-0.1, -0.05) is 54.1 Å². The number of hydrogen-bond acceptors (Lipinski definition) is 4. The van der Waals surface area contributed by atoms with E-state index in [0.717, 1.165) is 28.0 Å². The average Bonchev–Trinajstić information content (AvgIpc) is 2.89. The van der Waals surface area contributed by atoms with Crippen LogP contribution in [-0.4, -0.2) is 20.9 Å². The van der Waals surface area contributed by atoms with E-state index in [9.17, 15) is 13.2 Å². The molecular weight excluding hydrogens is 500 g/mol. The molecule has 0 aromatic heterocycles. The van der Waals surface area contributed by atoms with Crippen molar-refractivity contribution in [3.8, 4) is 0 Å². The Hall–Kier alpha value is -3.55. The second-order valence-corrected chi connectivity index (χ2v) is 11.9. The summed E-state index contributed by atoms with van der Waals surface area (Å²) in [4.78, 5) is 14.4. The van der Waals surface area contributed by atoms with Crippen LogP contribution >= 0.6 is 11.8 Å². The van der Waals surface area contributed by atoms with Crippen LogP contribution in [-0.2, 0) is 20.6 Å². The van der Waals surface area contributed by atoms with Gasteiger partial charge >= 0.3 is 0 Å². The Morgan fingerprint density at radius 2 is 1.49 bits per heavy atom. The van der Waals surface area contributed by atoms with Crippen LogP contribution in [0.15, 0.2) is 107 Å². The van der Waals surface area contributed by atoms with Crippen LogP contribution in [0, 0.1) is 20.8 Å². The second-order valence-electron chi connectivity index (χ2n) is 8.94.